The van der Waals surface area contributed by atoms with E-state index in [2.05, 4.69) is 16.9 Å². The maximum Gasteiger partial charge on any atom is 0.123 e. The van der Waals surface area contributed by atoms with E-state index in [-0.39, 0.29) is 5.82 Å². The van der Waals surface area contributed by atoms with Crippen LogP contribution in [-0.2, 0) is 6.54 Å². The number of hydrogen-bond acceptors (Lipinski definition) is 3. The summed E-state index contributed by atoms with van der Waals surface area (Å²) in [5.41, 5.74) is 8.07. The first kappa shape index (κ1) is 14.2. The fourth-order valence-electron chi connectivity index (χ4n) is 2.89. The first-order valence-corrected chi connectivity index (χ1v) is 7.40. The molecule has 2 atom stereocenters. The minimum Gasteiger partial charge on any atom is -0.327 e. The second-order valence-corrected chi connectivity index (χ2v) is 5.88. The molecule has 1 fully saturated rings. The van der Waals surface area contributed by atoms with E-state index in [1.807, 2.05) is 10.7 Å². The molecule has 2 heterocycles. The Balaban J connectivity index is 1.75. The molecule has 21 heavy (non-hydrogen) atoms. The Morgan fingerprint density at radius 3 is 2.76 bits per heavy atom. The Hall–Kier alpha value is -1.72. The highest BCUT2D eigenvalue weighted by atomic mass is 19.1. The van der Waals surface area contributed by atoms with Crippen molar-refractivity contribution in [1.29, 1.82) is 0 Å². The van der Waals surface area contributed by atoms with Crippen LogP contribution in [0.4, 0.5) is 4.39 Å². The van der Waals surface area contributed by atoms with Crippen molar-refractivity contribution in [3.05, 3.63) is 48.0 Å². The van der Waals surface area contributed by atoms with Gasteiger partial charge in [0.25, 0.3) is 0 Å². The molecular formula is C16H21FN4. The summed E-state index contributed by atoms with van der Waals surface area (Å²) >= 11 is 0. The summed E-state index contributed by atoms with van der Waals surface area (Å²) in [6.45, 7) is 5.07. The molecule has 0 amide bonds. The minimum absolute atomic E-state index is 0.230. The molecule has 0 radical (unpaired) electrons. The summed E-state index contributed by atoms with van der Waals surface area (Å²) < 4.78 is 14.9. The van der Waals surface area contributed by atoms with Gasteiger partial charge in [-0.2, -0.15) is 5.10 Å². The van der Waals surface area contributed by atoms with Gasteiger partial charge in [-0.25, -0.2) is 9.07 Å². The van der Waals surface area contributed by atoms with Crippen molar-refractivity contribution < 1.29 is 4.39 Å². The molecule has 2 unspecified atom stereocenters. The van der Waals surface area contributed by atoms with Gasteiger partial charge in [-0.1, -0.05) is 6.92 Å². The van der Waals surface area contributed by atoms with Gasteiger partial charge in [0.1, 0.15) is 5.82 Å². The summed E-state index contributed by atoms with van der Waals surface area (Å²) in [6.07, 6.45) is 2.82. The van der Waals surface area contributed by atoms with Gasteiger partial charge in [-0.3, -0.25) is 4.90 Å². The average Bonchev–Trinajstić information content (AvgIpc) is 2.92. The zero-order valence-corrected chi connectivity index (χ0v) is 12.2. The number of hydrogen-bond donors (Lipinski definition) is 1. The average molecular weight is 288 g/mol. The first-order chi connectivity index (χ1) is 10.1. The predicted octanol–water partition coefficient (Wildman–Crippen LogP) is 2.18. The number of piperidine rings is 1. The third-order valence-corrected chi connectivity index (χ3v) is 4.23. The number of benzene rings is 1. The lowest BCUT2D eigenvalue weighted by Crippen LogP contribution is -2.45. The standard InChI is InChI=1S/C16H21FN4/c1-12-10-20(9-7-16(12)18)11-15-6-8-19-21(15)14-4-2-13(17)3-5-14/h2-6,8,12,16H,7,9-11,18H2,1H3. The summed E-state index contributed by atoms with van der Waals surface area (Å²) in [7, 11) is 0. The van der Waals surface area contributed by atoms with Gasteiger partial charge >= 0.3 is 0 Å². The van der Waals surface area contributed by atoms with Gasteiger partial charge in [-0.05, 0) is 42.7 Å². The quantitative estimate of drug-likeness (QED) is 0.941. The van der Waals surface area contributed by atoms with Crippen LogP contribution in [0.3, 0.4) is 0 Å². The lowest BCUT2D eigenvalue weighted by Gasteiger charge is -2.35. The number of nitrogens with zero attached hydrogens (tertiary/aromatic N) is 3. The van der Waals surface area contributed by atoms with E-state index in [0.717, 1.165) is 37.4 Å². The summed E-state index contributed by atoms with van der Waals surface area (Å²) in [5, 5.41) is 4.36. The van der Waals surface area contributed by atoms with Crippen LogP contribution < -0.4 is 5.73 Å². The predicted molar refractivity (Wildman–Crippen MR) is 80.6 cm³/mol. The lowest BCUT2D eigenvalue weighted by molar-refractivity contribution is 0.155. The molecule has 5 heteroatoms. The molecule has 3 rings (SSSR count). The molecule has 0 bridgehead atoms. The van der Waals surface area contributed by atoms with Crippen LogP contribution >= 0.6 is 0 Å². The van der Waals surface area contributed by atoms with Crippen molar-refractivity contribution in [3.8, 4) is 5.69 Å². The lowest BCUT2D eigenvalue weighted by atomic mass is 9.95. The monoisotopic (exact) mass is 288 g/mol. The number of nitrogens with two attached hydrogens (primary N) is 1. The van der Waals surface area contributed by atoms with E-state index in [0.29, 0.717) is 12.0 Å². The largest absolute Gasteiger partial charge is 0.327 e. The molecular weight excluding hydrogens is 267 g/mol. The maximum atomic E-state index is 13.0. The van der Waals surface area contributed by atoms with Crippen molar-refractivity contribution >= 4 is 0 Å². The number of halogens is 1. The molecule has 2 N–H and O–H groups in total. The fraction of sp³-hybridized carbons (Fsp3) is 0.438. The van der Waals surface area contributed by atoms with Crippen LogP contribution in [0.25, 0.3) is 5.69 Å². The van der Waals surface area contributed by atoms with E-state index in [9.17, 15) is 4.39 Å². The van der Waals surface area contributed by atoms with Gasteiger partial charge in [-0.15, -0.1) is 0 Å². The highest BCUT2D eigenvalue weighted by Gasteiger charge is 2.23. The van der Waals surface area contributed by atoms with Crippen LogP contribution in [-0.4, -0.2) is 33.8 Å². The molecule has 112 valence electrons. The third kappa shape index (κ3) is 3.14. The second kappa shape index (κ2) is 5.95. The fourth-order valence-corrected chi connectivity index (χ4v) is 2.89. The molecule has 4 nitrogen and oxygen atoms in total. The molecule has 1 aromatic carbocycles. The van der Waals surface area contributed by atoms with Crippen molar-refractivity contribution in [1.82, 2.24) is 14.7 Å². The van der Waals surface area contributed by atoms with Crippen molar-refractivity contribution in [2.24, 2.45) is 11.7 Å². The van der Waals surface area contributed by atoms with Crippen LogP contribution in [0.15, 0.2) is 36.5 Å². The van der Waals surface area contributed by atoms with E-state index in [1.54, 1.807) is 18.3 Å². The normalized spacial score (nSPS) is 23.4. The molecule has 2 aromatic rings. The van der Waals surface area contributed by atoms with Crippen molar-refractivity contribution in [2.45, 2.75) is 25.9 Å². The molecule has 1 saturated heterocycles. The number of aromatic nitrogens is 2. The van der Waals surface area contributed by atoms with Gasteiger partial charge < -0.3 is 5.73 Å². The summed E-state index contributed by atoms with van der Waals surface area (Å²) in [4.78, 5) is 2.41. The summed E-state index contributed by atoms with van der Waals surface area (Å²) in [6, 6.07) is 8.75. The smallest absolute Gasteiger partial charge is 0.123 e. The van der Waals surface area contributed by atoms with Crippen molar-refractivity contribution in [3.63, 3.8) is 0 Å². The van der Waals surface area contributed by atoms with Crippen LogP contribution in [0.1, 0.15) is 19.0 Å². The molecule has 0 spiro atoms. The topological polar surface area (TPSA) is 47.1 Å². The Bertz CT molecular complexity index is 593. The Labute approximate surface area is 124 Å². The summed E-state index contributed by atoms with van der Waals surface area (Å²) in [5.74, 6) is 0.284. The van der Waals surface area contributed by atoms with Crippen molar-refractivity contribution in [2.75, 3.05) is 13.1 Å². The Morgan fingerprint density at radius 2 is 2.05 bits per heavy atom. The Kier molecular flexibility index (Phi) is 4.03. The molecule has 0 saturated carbocycles. The van der Waals surface area contributed by atoms with E-state index in [1.165, 1.54) is 12.1 Å². The maximum absolute atomic E-state index is 13.0. The zero-order chi connectivity index (χ0) is 14.8. The second-order valence-electron chi connectivity index (χ2n) is 5.88. The Morgan fingerprint density at radius 1 is 1.29 bits per heavy atom. The van der Waals surface area contributed by atoms with Gasteiger partial charge in [0, 0.05) is 31.9 Å². The highest BCUT2D eigenvalue weighted by Crippen LogP contribution is 2.19. The number of rotatable bonds is 3. The SMILES string of the molecule is CC1CN(Cc2ccnn2-c2ccc(F)cc2)CCC1N. The van der Waals surface area contributed by atoms with E-state index >= 15 is 0 Å². The van der Waals surface area contributed by atoms with Gasteiger partial charge in [0.05, 0.1) is 11.4 Å². The minimum atomic E-state index is -0.230. The van der Waals surface area contributed by atoms with E-state index in [4.69, 9.17) is 5.73 Å². The molecule has 1 aliphatic rings. The molecule has 0 aliphatic carbocycles. The number of likely N-dealkylation sites (tertiary alicyclic amines) is 1. The van der Waals surface area contributed by atoms with Gasteiger partial charge in [0.2, 0.25) is 0 Å². The van der Waals surface area contributed by atoms with Gasteiger partial charge in [0.15, 0.2) is 0 Å². The van der Waals surface area contributed by atoms with Crippen LogP contribution in [0.5, 0.6) is 0 Å². The molecule has 1 aromatic heterocycles. The first-order valence-electron chi connectivity index (χ1n) is 7.40. The zero-order valence-electron chi connectivity index (χ0n) is 12.2. The van der Waals surface area contributed by atoms with Crippen LogP contribution in [0, 0.1) is 11.7 Å². The molecule has 1 aliphatic heterocycles. The van der Waals surface area contributed by atoms with E-state index < -0.39 is 0 Å². The third-order valence-electron chi connectivity index (χ3n) is 4.23. The highest BCUT2D eigenvalue weighted by molar-refractivity contribution is 5.32. The van der Waals surface area contributed by atoms with Crippen LogP contribution in [0.2, 0.25) is 0 Å².